The van der Waals surface area contributed by atoms with E-state index in [2.05, 4.69) is 34.3 Å². The third-order valence-corrected chi connectivity index (χ3v) is 9.04. The molecule has 4 atom stereocenters. The molecule has 2 saturated heterocycles. The number of nitrogens with two attached hydrogens (primary N) is 1. The zero-order chi connectivity index (χ0) is 28.6. The minimum atomic E-state index is -0.485. The molecule has 0 spiro atoms. The van der Waals surface area contributed by atoms with Gasteiger partial charge in [0, 0.05) is 61.1 Å². The first kappa shape index (κ1) is 28.1. The summed E-state index contributed by atoms with van der Waals surface area (Å²) in [5.74, 6) is 0.707. The second-order valence-corrected chi connectivity index (χ2v) is 12.1. The number of hydrogen-bond donors (Lipinski definition) is 3. The summed E-state index contributed by atoms with van der Waals surface area (Å²) in [6, 6.07) is 8.34. The summed E-state index contributed by atoms with van der Waals surface area (Å²) in [7, 11) is 0. The molecule has 3 fully saturated rings. The second-order valence-electron chi connectivity index (χ2n) is 12.1. The Morgan fingerprint density at radius 3 is 2.35 bits per heavy atom. The fraction of sp³-hybridized carbons (Fsp3) is 0.548. The first-order valence-corrected chi connectivity index (χ1v) is 14.6. The molecule has 3 amide bonds. The van der Waals surface area contributed by atoms with E-state index >= 15 is 0 Å². The van der Waals surface area contributed by atoms with E-state index in [1.807, 2.05) is 19.1 Å². The number of rotatable bonds is 7. The van der Waals surface area contributed by atoms with Crippen molar-refractivity contribution in [1.29, 1.82) is 0 Å². The molecule has 3 unspecified atom stereocenters. The number of carbonyl (C=O) groups is 3. The number of likely N-dealkylation sites (tertiary alicyclic amines) is 1. The van der Waals surface area contributed by atoms with Gasteiger partial charge in [-0.1, -0.05) is 0 Å². The minimum Gasteiger partial charge on any atom is -0.366 e. The lowest BCUT2D eigenvalue weighted by Gasteiger charge is -2.38. The summed E-state index contributed by atoms with van der Waals surface area (Å²) in [4.78, 5) is 47.2. The van der Waals surface area contributed by atoms with Gasteiger partial charge < -0.3 is 21.3 Å². The van der Waals surface area contributed by atoms with Gasteiger partial charge in [-0.05, 0) is 101 Å². The Hall–Kier alpha value is -3.46. The van der Waals surface area contributed by atoms with Crippen LogP contribution in [0.1, 0.15) is 88.2 Å². The highest BCUT2D eigenvalue weighted by Crippen LogP contribution is 2.39. The molecular formula is C31H42N6O3. The maximum absolute atomic E-state index is 13.2. The zero-order valence-electron chi connectivity index (χ0n) is 24.1. The van der Waals surface area contributed by atoms with Crippen molar-refractivity contribution >= 4 is 23.5 Å². The first-order valence-electron chi connectivity index (χ1n) is 14.6. The van der Waals surface area contributed by atoms with Crippen molar-refractivity contribution in [3.05, 3.63) is 58.3 Å². The van der Waals surface area contributed by atoms with Gasteiger partial charge in [0.15, 0.2) is 0 Å². The summed E-state index contributed by atoms with van der Waals surface area (Å²) in [5.41, 5.74) is 8.54. The Morgan fingerprint density at radius 1 is 0.950 bits per heavy atom. The number of carbonyl (C=O) groups excluding carboxylic acids is 3. The predicted octanol–water partition coefficient (Wildman–Crippen LogP) is 3.19. The summed E-state index contributed by atoms with van der Waals surface area (Å²) >= 11 is 0. The van der Waals surface area contributed by atoms with Gasteiger partial charge in [-0.15, -0.1) is 0 Å². The van der Waals surface area contributed by atoms with E-state index < -0.39 is 5.91 Å². The van der Waals surface area contributed by atoms with Crippen molar-refractivity contribution in [3.63, 3.8) is 0 Å². The van der Waals surface area contributed by atoms with Crippen LogP contribution in [0.5, 0.6) is 0 Å². The van der Waals surface area contributed by atoms with E-state index in [1.165, 1.54) is 0 Å². The molecule has 40 heavy (non-hydrogen) atoms. The number of primary amides is 1. The Labute approximate surface area is 236 Å². The summed E-state index contributed by atoms with van der Waals surface area (Å²) in [6.07, 6.45) is 6.66. The number of piperidine rings is 1. The van der Waals surface area contributed by atoms with Crippen molar-refractivity contribution in [2.45, 2.75) is 84.0 Å². The molecule has 9 heteroatoms. The lowest BCUT2D eigenvalue weighted by atomic mass is 9.92. The summed E-state index contributed by atoms with van der Waals surface area (Å²) in [6.45, 7) is 10.8. The maximum Gasteiger partial charge on any atom is 0.253 e. The van der Waals surface area contributed by atoms with Crippen molar-refractivity contribution < 1.29 is 14.4 Å². The number of nitrogens with zero attached hydrogens (tertiary/aromatic N) is 3. The number of fused-ring (bicyclic) bond motifs is 1. The van der Waals surface area contributed by atoms with Gasteiger partial charge in [0.2, 0.25) is 5.91 Å². The van der Waals surface area contributed by atoms with Gasteiger partial charge in [0.1, 0.15) is 5.82 Å². The van der Waals surface area contributed by atoms with Crippen LogP contribution in [-0.4, -0.2) is 71.4 Å². The normalized spacial score (nSPS) is 24.7. The fourth-order valence-corrected chi connectivity index (χ4v) is 6.81. The Bertz CT molecular complexity index is 1280. The van der Waals surface area contributed by atoms with Gasteiger partial charge in [-0.2, -0.15) is 0 Å². The van der Waals surface area contributed by atoms with Crippen LogP contribution >= 0.6 is 0 Å². The molecule has 0 radical (unpaired) electrons. The number of nitrogens with one attached hydrogen (secondary N) is 2. The number of aryl methyl sites for hydroxylation is 2. The first-order chi connectivity index (χ1) is 19.1. The zero-order valence-corrected chi connectivity index (χ0v) is 24.1. The van der Waals surface area contributed by atoms with Gasteiger partial charge in [0.05, 0.1) is 5.56 Å². The Kier molecular flexibility index (Phi) is 8.12. The average Bonchev–Trinajstić information content (AvgIpc) is 3.56. The van der Waals surface area contributed by atoms with Crippen LogP contribution in [0, 0.1) is 19.8 Å². The summed E-state index contributed by atoms with van der Waals surface area (Å²) in [5, 5.41) is 6.42. The Morgan fingerprint density at radius 2 is 1.68 bits per heavy atom. The van der Waals surface area contributed by atoms with Crippen LogP contribution < -0.4 is 21.3 Å². The van der Waals surface area contributed by atoms with Crippen LogP contribution in [0.2, 0.25) is 0 Å². The van der Waals surface area contributed by atoms with E-state index in [9.17, 15) is 14.4 Å². The molecular weight excluding hydrogens is 504 g/mol. The van der Waals surface area contributed by atoms with Crippen molar-refractivity contribution in [3.8, 4) is 0 Å². The smallest absolute Gasteiger partial charge is 0.253 e. The number of pyridine rings is 1. The van der Waals surface area contributed by atoms with Crippen LogP contribution in [0.15, 0.2) is 30.5 Å². The highest BCUT2D eigenvalue weighted by molar-refractivity contribution is 5.99. The molecule has 1 aromatic carbocycles. The molecule has 2 aliphatic heterocycles. The standard InChI is InChI=1S/C31H42N6O3/c1-18(2)36-11-9-23(17-36)34-30(39)22-7-8-28(33-16-22)37-10-5-6-21-14-24(15-27(21)37)35-31(40)26-13-19(3)25(29(32)38)12-20(26)4/h7-8,12-13,16,18,21,23-24,27H,5-6,9-11,14-15,17H2,1-4H3,(H2,32,38)(H,34,39)(H,35,40)/t21?,23-,24?,27?/m1/s1. The molecule has 9 nitrogen and oxygen atoms in total. The number of amides is 3. The van der Waals surface area contributed by atoms with Gasteiger partial charge in [0.25, 0.3) is 11.8 Å². The van der Waals surface area contributed by atoms with Crippen molar-refractivity contribution in [2.75, 3.05) is 24.5 Å². The van der Waals surface area contributed by atoms with E-state index in [4.69, 9.17) is 10.7 Å². The molecule has 1 aliphatic carbocycles. The third kappa shape index (κ3) is 5.84. The lowest BCUT2D eigenvalue weighted by Crippen LogP contribution is -2.43. The quantitative estimate of drug-likeness (QED) is 0.491. The average molecular weight is 547 g/mol. The number of anilines is 1. The topological polar surface area (TPSA) is 121 Å². The molecule has 1 saturated carbocycles. The summed E-state index contributed by atoms with van der Waals surface area (Å²) < 4.78 is 0. The molecule has 4 N–H and O–H groups in total. The van der Waals surface area contributed by atoms with Crippen LogP contribution in [-0.2, 0) is 0 Å². The monoisotopic (exact) mass is 546 g/mol. The van der Waals surface area contributed by atoms with Crippen molar-refractivity contribution in [2.24, 2.45) is 11.7 Å². The number of aromatic nitrogens is 1. The SMILES string of the molecule is Cc1cc(C(=O)NC2CC3CCCN(c4ccc(C(=O)N[C@@H]5CCN(C(C)C)C5)cn4)C3C2)c(C)cc1C(N)=O. The largest absolute Gasteiger partial charge is 0.366 e. The van der Waals surface area contributed by atoms with Gasteiger partial charge >= 0.3 is 0 Å². The van der Waals surface area contributed by atoms with E-state index in [-0.39, 0.29) is 23.9 Å². The molecule has 3 heterocycles. The van der Waals surface area contributed by atoms with E-state index in [0.717, 1.165) is 63.1 Å². The highest BCUT2D eigenvalue weighted by atomic mass is 16.2. The minimum absolute atomic E-state index is 0.0655. The number of benzene rings is 1. The second kappa shape index (κ2) is 11.6. The molecule has 214 valence electrons. The van der Waals surface area contributed by atoms with Crippen molar-refractivity contribution in [1.82, 2.24) is 20.5 Å². The van der Waals surface area contributed by atoms with E-state index in [0.29, 0.717) is 40.3 Å². The van der Waals surface area contributed by atoms with Crippen LogP contribution in [0.3, 0.4) is 0 Å². The van der Waals surface area contributed by atoms with Crippen LogP contribution in [0.25, 0.3) is 0 Å². The lowest BCUT2D eigenvalue weighted by molar-refractivity contribution is 0.0927. The Balaban J connectivity index is 1.21. The molecule has 3 aliphatic rings. The maximum atomic E-state index is 13.2. The molecule has 0 bridgehead atoms. The highest BCUT2D eigenvalue weighted by Gasteiger charge is 2.41. The van der Waals surface area contributed by atoms with Gasteiger partial charge in [-0.3, -0.25) is 19.3 Å². The fourth-order valence-electron chi connectivity index (χ4n) is 6.81. The van der Waals surface area contributed by atoms with Crippen LogP contribution in [0.4, 0.5) is 5.82 Å². The van der Waals surface area contributed by atoms with Gasteiger partial charge in [-0.25, -0.2) is 4.98 Å². The molecule has 2 aromatic rings. The predicted molar refractivity (Wildman–Crippen MR) is 156 cm³/mol. The molecule has 5 rings (SSSR count). The van der Waals surface area contributed by atoms with E-state index in [1.54, 1.807) is 25.3 Å². The third-order valence-electron chi connectivity index (χ3n) is 9.04. The number of hydrogen-bond acceptors (Lipinski definition) is 6. The molecule has 1 aromatic heterocycles.